The third-order valence-electron chi connectivity index (χ3n) is 2.86. The number of nitrogens with one attached hydrogen (secondary N) is 1. The van der Waals surface area contributed by atoms with Gasteiger partial charge in [-0.25, -0.2) is 0 Å². The number of hydrazine groups is 1. The molecule has 0 bridgehead atoms. The molecule has 0 saturated carbocycles. The number of hydrogen-bond acceptors (Lipinski definition) is 6. The summed E-state index contributed by atoms with van der Waals surface area (Å²) in [6.45, 7) is 2.07. The Morgan fingerprint density at radius 1 is 1.24 bits per heavy atom. The maximum atomic E-state index is 12.0. The first kappa shape index (κ1) is 14.8. The fraction of sp³-hybridized carbons (Fsp3) is 0.267. The molecular formula is C15H17N3O3. The Morgan fingerprint density at radius 3 is 2.62 bits per heavy atom. The van der Waals surface area contributed by atoms with E-state index in [0.29, 0.717) is 12.2 Å². The first-order chi connectivity index (χ1) is 10.2. The lowest BCUT2D eigenvalue weighted by atomic mass is 10.1. The minimum absolute atomic E-state index is 0.0791. The summed E-state index contributed by atoms with van der Waals surface area (Å²) < 4.78 is 4.80. The second-order valence-electron chi connectivity index (χ2n) is 4.34. The summed E-state index contributed by atoms with van der Waals surface area (Å²) in [6.07, 6.45) is 5.46. The van der Waals surface area contributed by atoms with Crippen LogP contribution in [0, 0.1) is 0 Å². The van der Waals surface area contributed by atoms with Crippen LogP contribution in [0.15, 0.2) is 41.6 Å². The van der Waals surface area contributed by atoms with Crippen molar-refractivity contribution in [3.8, 4) is 0 Å². The van der Waals surface area contributed by atoms with Gasteiger partial charge >= 0.3 is 5.97 Å². The Kier molecular flexibility index (Phi) is 5.09. The molecule has 0 amide bonds. The summed E-state index contributed by atoms with van der Waals surface area (Å²) in [4.78, 5) is 23.2. The van der Waals surface area contributed by atoms with Gasteiger partial charge in [-0.2, -0.15) is 10.2 Å². The molecule has 1 aromatic rings. The molecule has 2 rings (SSSR count). The van der Waals surface area contributed by atoms with E-state index in [1.807, 2.05) is 0 Å². The lowest BCUT2D eigenvalue weighted by Gasteiger charge is -2.20. The SMILES string of the molecule is CCOC(=O)CCC(=O)c1ccc(N2N=CC=CN2)cc1. The molecule has 6 nitrogen and oxygen atoms in total. The van der Waals surface area contributed by atoms with Gasteiger partial charge in [0.1, 0.15) is 0 Å². The standard InChI is InChI=1S/C15H17N3O3/c1-2-21-15(20)9-8-14(19)12-4-6-13(7-5-12)18-16-10-3-11-17-18/h3-7,10-11,16H,2,8-9H2,1H3. The van der Waals surface area contributed by atoms with Crippen molar-refractivity contribution in [1.82, 2.24) is 5.43 Å². The van der Waals surface area contributed by atoms with Crippen LogP contribution < -0.4 is 10.5 Å². The zero-order valence-corrected chi connectivity index (χ0v) is 11.8. The molecule has 0 unspecified atom stereocenters. The van der Waals surface area contributed by atoms with Crippen LogP contribution in [0.25, 0.3) is 0 Å². The third kappa shape index (κ3) is 4.17. The molecule has 6 heteroatoms. The molecule has 0 fully saturated rings. The Bertz CT molecular complexity index is 564. The van der Waals surface area contributed by atoms with E-state index in [-0.39, 0.29) is 24.6 Å². The van der Waals surface area contributed by atoms with Crippen LogP contribution >= 0.6 is 0 Å². The molecule has 0 radical (unpaired) electrons. The first-order valence-corrected chi connectivity index (χ1v) is 6.75. The molecule has 0 aromatic heterocycles. The van der Waals surface area contributed by atoms with Gasteiger partial charge in [-0.05, 0) is 37.3 Å². The van der Waals surface area contributed by atoms with Crippen LogP contribution in [0.1, 0.15) is 30.1 Å². The number of hydrogen-bond donors (Lipinski definition) is 1. The minimum Gasteiger partial charge on any atom is -0.466 e. The summed E-state index contributed by atoms with van der Waals surface area (Å²) in [5.41, 5.74) is 4.33. The minimum atomic E-state index is -0.346. The van der Waals surface area contributed by atoms with Gasteiger partial charge in [0.05, 0.1) is 24.9 Å². The van der Waals surface area contributed by atoms with Crippen LogP contribution in [0.3, 0.4) is 0 Å². The number of anilines is 1. The zero-order valence-electron chi connectivity index (χ0n) is 11.8. The van der Waals surface area contributed by atoms with Crippen molar-refractivity contribution in [2.45, 2.75) is 19.8 Å². The van der Waals surface area contributed by atoms with Gasteiger partial charge in [-0.3, -0.25) is 15.0 Å². The van der Waals surface area contributed by atoms with Crippen LogP contribution in [-0.4, -0.2) is 24.6 Å². The molecule has 1 aliphatic rings. The first-order valence-electron chi connectivity index (χ1n) is 6.75. The smallest absolute Gasteiger partial charge is 0.306 e. The second kappa shape index (κ2) is 7.23. The van der Waals surface area contributed by atoms with Gasteiger partial charge in [0.15, 0.2) is 5.78 Å². The van der Waals surface area contributed by atoms with Crippen molar-refractivity contribution < 1.29 is 14.3 Å². The van der Waals surface area contributed by atoms with E-state index in [2.05, 4.69) is 10.5 Å². The normalized spacial score (nSPS) is 12.9. The van der Waals surface area contributed by atoms with Gasteiger partial charge in [0, 0.05) is 18.2 Å². The number of allylic oxidation sites excluding steroid dienone is 1. The van der Waals surface area contributed by atoms with Crippen molar-refractivity contribution in [2.75, 3.05) is 11.7 Å². The van der Waals surface area contributed by atoms with Crippen LogP contribution in [0.2, 0.25) is 0 Å². The van der Waals surface area contributed by atoms with Crippen molar-refractivity contribution in [3.63, 3.8) is 0 Å². The van der Waals surface area contributed by atoms with Crippen molar-refractivity contribution in [3.05, 3.63) is 42.1 Å². The quantitative estimate of drug-likeness (QED) is 0.640. The van der Waals surface area contributed by atoms with Gasteiger partial charge in [0.2, 0.25) is 0 Å². The summed E-state index contributed by atoms with van der Waals surface area (Å²) in [5, 5.41) is 5.71. The van der Waals surface area contributed by atoms with E-state index in [0.717, 1.165) is 5.69 Å². The number of carbonyl (C=O) groups is 2. The molecule has 0 spiro atoms. The summed E-state index contributed by atoms with van der Waals surface area (Å²) in [7, 11) is 0. The monoisotopic (exact) mass is 287 g/mol. The number of nitrogens with zero attached hydrogens (tertiary/aromatic N) is 2. The number of hydrazone groups is 1. The molecule has 1 aromatic carbocycles. The Hall–Kier alpha value is -2.63. The predicted octanol–water partition coefficient (Wildman–Crippen LogP) is 2.04. The van der Waals surface area contributed by atoms with E-state index in [9.17, 15) is 9.59 Å². The van der Waals surface area contributed by atoms with Gasteiger partial charge < -0.3 is 4.74 Å². The van der Waals surface area contributed by atoms with E-state index in [1.165, 1.54) is 0 Å². The van der Waals surface area contributed by atoms with E-state index < -0.39 is 0 Å². The predicted molar refractivity (Wildman–Crippen MR) is 79.9 cm³/mol. The molecule has 1 heterocycles. The summed E-state index contributed by atoms with van der Waals surface area (Å²) in [6, 6.07) is 7.03. The number of esters is 1. The second-order valence-corrected chi connectivity index (χ2v) is 4.34. The highest BCUT2D eigenvalue weighted by Crippen LogP contribution is 2.16. The zero-order chi connectivity index (χ0) is 15.1. The molecule has 110 valence electrons. The van der Waals surface area contributed by atoms with Crippen LogP contribution in [-0.2, 0) is 9.53 Å². The molecule has 0 saturated heterocycles. The Balaban J connectivity index is 1.92. The van der Waals surface area contributed by atoms with Crippen molar-refractivity contribution in [2.24, 2.45) is 5.10 Å². The maximum absolute atomic E-state index is 12.0. The number of benzene rings is 1. The van der Waals surface area contributed by atoms with Crippen molar-refractivity contribution >= 4 is 23.7 Å². The highest BCUT2D eigenvalue weighted by molar-refractivity contribution is 5.97. The number of rotatable bonds is 6. The van der Waals surface area contributed by atoms with E-state index >= 15 is 0 Å². The average molecular weight is 287 g/mol. The van der Waals surface area contributed by atoms with Gasteiger partial charge in [-0.15, -0.1) is 0 Å². The van der Waals surface area contributed by atoms with Crippen LogP contribution in [0.4, 0.5) is 5.69 Å². The molecule has 0 aliphatic carbocycles. The number of ether oxygens (including phenoxy) is 1. The fourth-order valence-corrected chi connectivity index (χ4v) is 1.82. The highest BCUT2D eigenvalue weighted by atomic mass is 16.5. The van der Waals surface area contributed by atoms with Crippen LogP contribution in [0.5, 0.6) is 0 Å². The maximum Gasteiger partial charge on any atom is 0.306 e. The van der Waals surface area contributed by atoms with Gasteiger partial charge in [0.25, 0.3) is 0 Å². The Morgan fingerprint density at radius 2 is 2.00 bits per heavy atom. The molecular weight excluding hydrogens is 270 g/mol. The highest BCUT2D eigenvalue weighted by Gasteiger charge is 2.11. The Labute approximate surface area is 123 Å². The topological polar surface area (TPSA) is 71.0 Å². The van der Waals surface area contributed by atoms with Crippen molar-refractivity contribution in [1.29, 1.82) is 0 Å². The number of carbonyl (C=O) groups excluding carboxylic acids is 2. The molecule has 1 N–H and O–H groups in total. The third-order valence-corrected chi connectivity index (χ3v) is 2.86. The molecule has 0 atom stereocenters. The van der Waals surface area contributed by atoms with E-state index in [1.54, 1.807) is 54.8 Å². The number of Topliss-reactive ketones (excluding diaryl/α,β-unsaturated/α-hetero) is 1. The number of ketones is 1. The van der Waals surface area contributed by atoms with E-state index in [4.69, 9.17) is 4.74 Å². The summed E-state index contributed by atoms with van der Waals surface area (Å²) >= 11 is 0. The largest absolute Gasteiger partial charge is 0.466 e. The van der Waals surface area contributed by atoms with Gasteiger partial charge in [-0.1, -0.05) is 0 Å². The lowest BCUT2D eigenvalue weighted by Crippen LogP contribution is -2.30. The summed E-state index contributed by atoms with van der Waals surface area (Å²) in [5.74, 6) is -0.425. The molecule has 21 heavy (non-hydrogen) atoms. The lowest BCUT2D eigenvalue weighted by molar-refractivity contribution is -0.143. The molecule has 1 aliphatic heterocycles. The average Bonchev–Trinajstić information content (AvgIpc) is 2.54. The fourth-order valence-electron chi connectivity index (χ4n) is 1.82.